The van der Waals surface area contributed by atoms with Crippen LogP contribution >= 0.6 is 0 Å². The molecule has 2 unspecified atom stereocenters. The van der Waals surface area contributed by atoms with E-state index in [2.05, 4.69) is 0 Å². The summed E-state index contributed by atoms with van der Waals surface area (Å²) in [6.45, 7) is 10.9. The van der Waals surface area contributed by atoms with Gasteiger partial charge < -0.3 is 15.3 Å². The minimum Gasteiger partial charge on any atom is -0.508 e. The van der Waals surface area contributed by atoms with Crippen LogP contribution in [-0.4, -0.2) is 38.6 Å². The monoisotopic (exact) mass is 364 g/mol. The molecule has 5 nitrogen and oxygen atoms in total. The van der Waals surface area contributed by atoms with E-state index in [1.807, 2.05) is 34.6 Å². The predicted molar refractivity (Wildman–Crippen MR) is 102 cm³/mol. The highest BCUT2D eigenvalue weighted by molar-refractivity contribution is 6.24. The molecular weight excluding hydrogens is 332 g/mol. The maximum absolute atomic E-state index is 12.9. The van der Waals surface area contributed by atoms with E-state index in [0.29, 0.717) is 6.42 Å². The first-order valence-electron chi connectivity index (χ1n) is 9.17. The molecule has 0 aromatic carbocycles. The van der Waals surface area contributed by atoms with Crippen LogP contribution < -0.4 is 0 Å². The first-order valence-corrected chi connectivity index (χ1v) is 9.17. The van der Waals surface area contributed by atoms with Gasteiger partial charge >= 0.3 is 0 Å². The lowest BCUT2D eigenvalue weighted by Crippen LogP contribution is -2.49. The Morgan fingerprint density at radius 2 is 1.73 bits per heavy atom. The highest BCUT2D eigenvalue weighted by Crippen LogP contribution is 2.43. The topological polar surface area (TPSA) is 94.8 Å². The molecule has 0 aromatic heterocycles. The van der Waals surface area contributed by atoms with Crippen LogP contribution in [0.3, 0.4) is 0 Å². The number of carbonyl (C=O) groups excluding carboxylic acids is 2. The van der Waals surface area contributed by atoms with Crippen LogP contribution in [0.2, 0.25) is 0 Å². The third-order valence-electron chi connectivity index (χ3n) is 5.04. The van der Waals surface area contributed by atoms with E-state index in [-0.39, 0.29) is 18.4 Å². The maximum atomic E-state index is 12.9. The zero-order chi connectivity index (χ0) is 20.2. The number of ketones is 2. The quantitative estimate of drug-likeness (QED) is 0.453. The SMILES string of the molecule is CCC(C)C(=O)C1=C(O)[C@](O)(C(O)CC=C(C)C)[C@@H](CC=C(C)C)C1=O. The van der Waals surface area contributed by atoms with Gasteiger partial charge in [0.15, 0.2) is 17.2 Å². The van der Waals surface area contributed by atoms with E-state index in [0.717, 1.165) is 11.1 Å². The van der Waals surface area contributed by atoms with Crippen molar-refractivity contribution < 1.29 is 24.9 Å². The molecule has 1 rings (SSSR count). The minimum absolute atomic E-state index is 0.0757. The van der Waals surface area contributed by atoms with E-state index in [4.69, 9.17) is 0 Å². The molecule has 3 N–H and O–H groups in total. The van der Waals surface area contributed by atoms with Gasteiger partial charge in [0.25, 0.3) is 0 Å². The van der Waals surface area contributed by atoms with Gasteiger partial charge in [0.05, 0.1) is 12.0 Å². The standard InChI is InChI=1S/C21H32O5/c1-7-14(6)18(23)17-19(24)15(10-8-12(2)3)21(26,20(17)25)16(22)11-9-13(4)5/h8-9,14-16,22,25-26H,7,10-11H2,1-6H3/t14?,15-,16?,21+/m0/s1. The molecule has 0 fully saturated rings. The highest BCUT2D eigenvalue weighted by Gasteiger charge is 2.58. The second-order valence-electron chi connectivity index (χ2n) is 7.69. The number of hydrogen-bond acceptors (Lipinski definition) is 5. The van der Waals surface area contributed by atoms with Crippen molar-refractivity contribution in [1.29, 1.82) is 0 Å². The third kappa shape index (κ3) is 4.33. The number of aliphatic hydroxyl groups is 3. The predicted octanol–water partition coefficient (Wildman–Crippen LogP) is 3.42. The smallest absolute Gasteiger partial charge is 0.176 e. The fourth-order valence-corrected chi connectivity index (χ4v) is 3.08. The Morgan fingerprint density at radius 1 is 1.19 bits per heavy atom. The summed E-state index contributed by atoms with van der Waals surface area (Å²) in [6, 6.07) is 0. The lowest BCUT2D eigenvalue weighted by atomic mass is 9.80. The molecule has 0 radical (unpaired) electrons. The molecule has 0 saturated carbocycles. The fraction of sp³-hybridized carbons (Fsp3) is 0.619. The lowest BCUT2D eigenvalue weighted by molar-refractivity contribution is -0.134. The molecule has 4 atom stereocenters. The largest absolute Gasteiger partial charge is 0.508 e. The number of allylic oxidation sites excluding steroid dienone is 4. The van der Waals surface area contributed by atoms with Gasteiger partial charge in [-0.15, -0.1) is 0 Å². The van der Waals surface area contributed by atoms with Crippen LogP contribution in [0.15, 0.2) is 34.6 Å². The Kier molecular flexibility index (Phi) is 7.54. The van der Waals surface area contributed by atoms with Crippen molar-refractivity contribution in [3.8, 4) is 0 Å². The van der Waals surface area contributed by atoms with Crippen LogP contribution in [0, 0.1) is 11.8 Å². The van der Waals surface area contributed by atoms with Gasteiger partial charge in [-0.2, -0.15) is 0 Å². The normalized spacial score (nSPS) is 25.1. The second-order valence-corrected chi connectivity index (χ2v) is 7.69. The van der Waals surface area contributed by atoms with Crippen molar-refractivity contribution in [3.63, 3.8) is 0 Å². The first-order chi connectivity index (χ1) is 12.0. The van der Waals surface area contributed by atoms with Crippen molar-refractivity contribution in [2.75, 3.05) is 0 Å². The highest BCUT2D eigenvalue weighted by atomic mass is 16.4. The number of carbonyl (C=O) groups is 2. The summed E-state index contributed by atoms with van der Waals surface area (Å²) >= 11 is 0. The van der Waals surface area contributed by atoms with E-state index in [9.17, 15) is 24.9 Å². The van der Waals surface area contributed by atoms with Gasteiger partial charge in [0.2, 0.25) is 0 Å². The zero-order valence-corrected chi connectivity index (χ0v) is 16.7. The van der Waals surface area contributed by atoms with Crippen molar-refractivity contribution in [2.24, 2.45) is 11.8 Å². The average molecular weight is 364 g/mol. The molecular formula is C21H32O5. The van der Waals surface area contributed by atoms with E-state index >= 15 is 0 Å². The Hall–Kier alpha value is -1.72. The van der Waals surface area contributed by atoms with Crippen LogP contribution in [0.25, 0.3) is 0 Å². The van der Waals surface area contributed by atoms with Crippen LogP contribution in [0.4, 0.5) is 0 Å². The molecule has 0 spiro atoms. The van der Waals surface area contributed by atoms with Crippen molar-refractivity contribution in [2.45, 2.75) is 72.5 Å². The Morgan fingerprint density at radius 3 is 2.19 bits per heavy atom. The molecule has 26 heavy (non-hydrogen) atoms. The zero-order valence-electron chi connectivity index (χ0n) is 16.7. The first kappa shape index (κ1) is 22.3. The summed E-state index contributed by atoms with van der Waals surface area (Å²) < 4.78 is 0. The van der Waals surface area contributed by atoms with Crippen molar-refractivity contribution in [3.05, 3.63) is 34.6 Å². The van der Waals surface area contributed by atoms with Gasteiger partial charge in [-0.25, -0.2) is 0 Å². The average Bonchev–Trinajstić information content (AvgIpc) is 2.76. The number of rotatable bonds is 8. The number of Topliss-reactive ketones (excluding diaryl/α,β-unsaturated/α-hetero) is 2. The molecule has 0 heterocycles. The van der Waals surface area contributed by atoms with Gasteiger partial charge in [0, 0.05) is 5.92 Å². The lowest BCUT2D eigenvalue weighted by Gasteiger charge is -2.33. The van der Waals surface area contributed by atoms with Crippen molar-refractivity contribution >= 4 is 11.6 Å². The Bertz CT molecular complexity index is 647. The molecule has 0 aromatic rings. The number of hydrogen-bond donors (Lipinski definition) is 3. The Labute approximate surface area is 156 Å². The fourth-order valence-electron chi connectivity index (χ4n) is 3.08. The molecule has 5 heteroatoms. The van der Waals surface area contributed by atoms with E-state index in [1.54, 1.807) is 19.1 Å². The third-order valence-corrected chi connectivity index (χ3v) is 5.04. The second kappa shape index (κ2) is 8.78. The summed E-state index contributed by atoms with van der Waals surface area (Å²) in [7, 11) is 0. The van der Waals surface area contributed by atoms with Crippen LogP contribution in [0.1, 0.15) is 60.8 Å². The van der Waals surface area contributed by atoms with Crippen LogP contribution in [0.5, 0.6) is 0 Å². The van der Waals surface area contributed by atoms with E-state index in [1.165, 1.54) is 0 Å². The van der Waals surface area contributed by atoms with Crippen molar-refractivity contribution in [1.82, 2.24) is 0 Å². The Balaban J connectivity index is 3.43. The molecule has 0 amide bonds. The van der Waals surface area contributed by atoms with Gasteiger partial charge in [0.1, 0.15) is 11.3 Å². The summed E-state index contributed by atoms with van der Waals surface area (Å²) in [4.78, 5) is 25.5. The summed E-state index contributed by atoms with van der Waals surface area (Å²) in [6.07, 6.45) is 2.84. The minimum atomic E-state index is -2.16. The molecule has 146 valence electrons. The maximum Gasteiger partial charge on any atom is 0.176 e. The molecule has 0 bridgehead atoms. The molecule has 0 aliphatic heterocycles. The summed E-state index contributed by atoms with van der Waals surface area (Å²) in [5, 5.41) is 32.4. The molecule has 1 aliphatic rings. The van der Waals surface area contributed by atoms with Gasteiger partial charge in [-0.05, 0) is 47.0 Å². The summed E-state index contributed by atoms with van der Waals surface area (Å²) in [5.74, 6) is -3.29. The van der Waals surface area contributed by atoms with Gasteiger partial charge in [-0.1, -0.05) is 37.1 Å². The number of aliphatic hydroxyl groups excluding tert-OH is 2. The summed E-state index contributed by atoms with van der Waals surface area (Å²) in [5.41, 5.74) is -0.629. The van der Waals surface area contributed by atoms with Gasteiger partial charge in [-0.3, -0.25) is 9.59 Å². The van der Waals surface area contributed by atoms with Crippen LogP contribution in [-0.2, 0) is 9.59 Å². The van der Waals surface area contributed by atoms with E-state index < -0.39 is 40.9 Å². The molecule has 1 aliphatic carbocycles. The molecule has 0 saturated heterocycles.